The van der Waals surface area contributed by atoms with Gasteiger partial charge in [0.15, 0.2) is 11.4 Å². The molecule has 1 aromatic heterocycles. The number of phenols is 1. The van der Waals surface area contributed by atoms with E-state index in [1.54, 1.807) is 26.0 Å². The van der Waals surface area contributed by atoms with Crippen molar-refractivity contribution >= 4 is 22.8 Å². The number of rotatable bonds is 3. The van der Waals surface area contributed by atoms with E-state index in [-0.39, 0.29) is 16.9 Å². The Hall–Kier alpha value is -3.60. The summed E-state index contributed by atoms with van der Waals surface area (Å²) < 4.78 is 11.7. The molecule has 0 spiro atoms. The van der Waals surface area contributed by atoms with E-state index in [1.165, 1.54) is 6.07 Å². The molecule has 5 nitrogen and oxygen atoms in total. The van der Waals surface area contributed by atoms with Crippen molar-refractivity contribution in [3.63, 3.8) is 0 Å². The van der Waals surface area contributed by atoms with Crippen molar-refractivity contribution < 1.29 is 19.1 Å². The molecule has 1 aliphatic heterocycles. The number of carbonyl (C=O) groups excluding carboxylic acids is 1. The number of benzene rings is 2. The van der Waals surface area contributed by atoms with Gasteiger partial charge < -0.3 is 14.3 Å². The average Bonchev–Trinajstić information content (AvgIpc) is 2.72. The van der Waals surface area contributed by atoms with Crippen LogP contribution in [0, 0.1) is 0 Å². The molecule has 0 atom stereocenters. The van der Waals surface area contributed by atoms with Gasteiger partial charge in [-0.25, -0.2) is 4.79 Å². The van der Waals surface area contributed by atoms with E-state index in [4.69, 9.17) is 9.15 Å². The van der Waals surface area contributed by atoms with Crippen molar-refractivity contribution in [2.45, 2.75) is 33.3 Å². The van der Waals surface area contributed by atoms with Gasteiger partial charge in [0.2, 0.25) is 0 Å². The molecule has 30 heavy (non-hydrogen) atoms. The van der Waals surface area contributed by atoms with Crippen LogP contribution in [0.2, 0.25) is 0 Å². The van der Waals surface area contributed by atoms with E-state index in [0.717, 1.165) is 5.56 Å². The number of phenolic OH excluding ortho intramolecular Hbond substituents is 1. The Kier molecular flexibility index (Phi) is 4.61. The third-order valence-electron chi connectivity index (χ3n) is 5.27. The van der Waals surface area contributed by atoms with Gasteiger partial charge in [-0.3, -0.25) is 4.79 Å². The van der Waals surface area contributed by atoms with Crippen LogP contribution in [0.3, 0.4) is 0 Å². The highest BCUT2D eigenvalue weighted by atomic mass is 16.5. The van der Waals surface area contributed by atoms with Crippen LogP contribution < -0.4 is 10.4 Å². The molecule has 2 heterocycles. The molecule has 1 N–H and O–H groups in total. The molecule has 0 fully saturated rings. The predicted molar refractivity (Wildman–Crippen MR) is 117 cm³/mol. The van der Waals surface area contributed by atoms with Crippen molar-refractivity contribution in [1.29, 1.82) is 0 Å². The van der Waals surface area contributed by atoms with E-state index in [2.05, 4.69) is 0 Å². The third kappa shape index (κ3) is 3.12. The minimum absolute atomic E-state index is 0.0231. The minimum atomic E-state index is -0.638. The number of carbonyl (C=O) groups is 1. The number of ether oxygens (including phenoxy) is 1. The van der Waals surface area contributed by atoms with Gasteiger partial charge in [0.1, 0.15) is 22.7 Å². The first-order chi connectivity index (χ1) is 14.2. The number of fused-ring (bicyclic) bond motifs is 3. The lowest BCUT2D eigenvalue weighted by molar-refractivity contribution is 0.103. The van der Waals surface area contributed by atoms with Gasteiger partial charge in [-0.1, -0.05) is 36.4 Å². The summed E-state index contributed by atoms with van der Waals surface area (Å²) in [4.78, 5) is 25.6. The molecule has 1 aliphatic rings. The summed E-state index contributed by atoms with van der Waals surface area (Å²) in [6.45, 7) is 7.17. The van der Waals surface area contributed by atoms with Crippen LogP contribution >= 0.6 is 0 Å². The summed E-state index contributed by atoms with van der Waals surface area (Å²) in [5.41, 5.74) is 0.911. The fraction of sp³-hybridized carbons (Fsp3) is 0.200. The van der Waals surface area contributed by atoms with Crippen molar-refractivity contribution in [1.82, 2.24) is 0 Å². The van der Waals surface area contributed by atoms with E-state index in [0.29, 0.717) is 27.8 Å². The topological polar surface area (TPSA) is 76.7 Å². The maximum absolute atomic E-state index is 13.1. The molecule has 0 saturated carbocycles. The van der Waals surface area contributed by atoms with Gasteiger partial charge in [0.05, 0.1) is 10.9 Å². The van der Waals surface area contributed by atoms with Crippen LogP contribution in [0.15, 0.2) is 63.3 Å². The van der Waals surface area contributed by atoms with Crippen LogP contribution in [-0.4, -0.2) is 16.5 Å². The first kappa shape index (κ1) is 19.7. The molecule has 0 bridgehead atoms. The maximum Gasteiger partial charge on any atom is 0.336 e. The highest BCUT2D eigenvalue weighted by Gasteiger charge is 2.32. The fourth-order valence-corrected chi connectivity index (χ4v) is 3.61. The summed E-state index contributed by atoms with van der Waals surface area (Å²) in [7, 11) is 0. The maximum atomic E-state index is 13.1. The number of hydrogen-bond acceptors (Lipinski definition) is 5. The Balaban J connectivity index is 2.23. The normalized spacial score (nSPS) is 15.0. The van der Waals surface area contributed by atoms with Crippen molar-refractivity contribution in [2.24, 2.45) is 0 Å². The number of hydrogen-bond donors (Lipinski definition) is 1. The van der Waals surface area contributed by atoms with E-state index < -0.39 is 17.0 Å². The molecule has 5 heteroatoms. The van der Waals surface area contributed by atoms with Crippen LogP contribution in [0.25, 0.3) is 28.2 Å². The largest absolute Gasteiger partial charge is 0.506 e. The first-order valence-electron chi connectivity index (χ1n) is 9.71. The lowest BCUT2D eigenvalue weighted by atomic mass is 9.90. The second kappa shape index (κ2) is 7.02. The van der Waals surface area contributed by atoms with Crippen LogP contribution in [0.1, 0.15) is 43.6 Å². The minimum Gasteiger partial charge on any atom is -0.506 e. The molecule has 0 amide bonds. The van der Waals surface area contributed by atoms with Crippen LogP contribution in [0.5, 0.6) is 11.5 Å². The molecule has 3 aromatic rings. The fourth-order valence-electron chi connectivity index (χ4n) is 3.61. The number of ketones is 1. The smallest absolute Gasteiger partial charge is 0.336 e. The number of aromatic hydroxyl groups is 1. The lowest BCUT2D eigenvalue weighted by Crippen LogP contribution is -2.28. The zero-order chi connectivity index (χ0) is 21.6. The van der Waals surface area contributed by atoms with Crippen LogP contribution in [0.4, 0.5) is 0 Å². The molecule has 152 valence electrons. The molecular formula is C25H22O5. The Morgan fingerprint density at radius 2 is 1.87 bits per heavy atom. The Labute approximate surface area is 173 Å². The van der Waals surface area contributed by atoms with Gasteiger partial charge in [-0.15, -0.1) is 0 Å². The van der Waals surface area contributed by atoms with Gasteiger partial charge >= 0.3 is 5.63 Å². The third-order valence-corrected chi connectivity index (χ3v) is 5.27. The van der Waals surface area contributed by atoms with Crippen molar-refractivity contribution in [3.05, 3.63) is 75.7 Å². The number of allylic oxidation sites excluding steroid dienone is 2. The Bertz CT molecular complexity index is 1290. The highest BCUT2D eigenvalue weighted by Crippen LogP contribution is 2.48. The molecule has 4 rings (SSSR count). The molecule has 0 radical (unpaired) electrons. The summed E-state index contributed by atoms with van der Waals surface area (Å²) >= 11 is 0. The summed E-state index contributed by atoms with van der Waals surface area (Å²) in [6, 6.07) is 10.7. The Morgan fingerprint density at radius 1 is 1.17 bits per heavy atom. The summed E-state index contributed by atoms with van der Waals surface area (Å²) in [6.07, 6.45) is 5.22. The molecule has 0 aliphatic carbocycles. The van der Waals surface area contributed by atoms with E-state index in [1.807, 2.05) is 50.3 Å². The predicted octanol–water partition coefficient (Wildman–Crippen LogP) is 5.50. The second-order valence-electron chi connectivity index (χ2n) is 7.86. The Morgan fingerprint density at radius 3 is 2.53 bits per heavy atom. The quantitative estimate of drug-likeness (QED) is 0.356. The van der Waals surface area contributed by atoms with E-state index in [9.17, 15) is 14.7 Å². The van der Waals surface area contributed by atoms with Gasteiger partial charge in [0.25, 0.3) is 0 Å². The van der Waals surface area contributed by atoms with Crippen molar-refractivity contribution in [3.8, 4) is 22.6 Å². The molecule has 0 saturated heterocycles. The van der Waals surface area contributed by atoms with Gasteiger partial charge in [-0.05, 0) is 51.0 Å². The van der Waals surface area contributed by atoms with Crippen LogP contribution in [-0.2, 0) is 0 Å². The van der Waals surface area contributed by atoms with Gasteiger partial charge in [0, 0.05) is 11.6 Å². The zero-order valence-corrected chi connectivity index (χ0v) is 17.3. The first-order valence-corrected chi connectivity index (χ1v) is 9.71. The number of Topliss-reactive ketones (excluding diaryl/α,β-unsaturated/α-hetero) is 1. The monoisotopic (exact) mass is 402 g/mol. The molecular weight excluding hydrogens is 380 g/mol. The summed E-state index contributed by atoms with van der Waals surface area (Å²) in [5, 5.41) is 11.5. The standard InChI is InChI=1S/C25H22O5/c1-5-14(2)21(27)20-22(28)16-11-12-25(3,4)30-23(16)19-17(13-18(26)29-24(19)20)15-9-7-6-8-10-15/h5-13,28H,1-4H3. The lowest BCUT2D eigenvalue weighted by Gasteiger charge is -2.30. The average molecular weight is 402 g/mol. The molecule has 0 unspecified atom stereocenters. The second-order valence-corrected chi connectivity index (χ2v) is 7.86. The molecule has 2 aromatic carbocycles. The zero-order valence-electron chi connectivity index (χ0n) is 17.3. The summed E-state index contributed by atoms with van der Waals surface area (Å²) in [5.74, 6) is -0.287. The highest BCUT2D eigenvalue weighted by molar-refractivity contribution is 6.20. The SMILES string of the molecule is CC=C(C)C(=O)c1c(O)c2c(c3c(-c4ccccc4)cc(=O)oc13)OC(C)(C)C=C2. The van der Waals surface area contributed by atoms with Crippen molar-refractivity contribution in [2.75, 3.05) is 0 Å². The van der Waals surface area contributed by atoms with E-state index >= 15 is 0 Å². The van der Waals surface area contributed by atoms with Gasteiger partial charge in [-0.2, -0.15) is 0 Å².